The van der Waals surface area contributed by atoms with Gasteiger partial charge < -0.3 is 15.2 Å². The number of ether oxygens (including phenoxy) is 1. The van der Waals surface area contributed by atoms with E-state index in [-0.39, 0.29) is 18.1 Å². The van der Waals surface area contributed by atoms with Crippen molar-refractivity contribution >= 4 is 29.1 Å². The SMILES string of the molecule is CC(Oc1cc(Cl)cc(Cl)c1)C(=O)NC1CCC(O)CC1. The van der Waals surface area contributed by atoms with Crippen LogP contribution in [0.2, 0.25) is 10.0 Å². The van der Waals surface area contributed by atoms with E-state index in [9.17, 15) is 9.90 Å². The molecule has 1 aliphatic rings. The van der Waals surface area contributed by atoms with Crippen molar-refractivity contribution in [2.45, 2.75) is 50.9 Å². The Bertz CT molecular complexity index is 481. The normalized spacial score (nSPS) is 23.4. The van der Waals surface area contributed by atoms with E-state index in [2.05, 4.69) is 5.32 Å². The maximum Gasteiger partial charge on any atom is 0.260 e. The van der Waals surface area contributed by atoms with Gasteiger partial charge in [-0.25, -0.2) is 0 Å². The van der Waals surface area contributed by atoms with Crippen molar-refractivity contribution in [2.24, 2.45) is 0 Å². The summed E-state index contributed by atoms with van der Waals surface area (Å²) in [5.74, 6) is 0.293. The van der Waals surface area contributed by atoms with Crippen LogP contribution in [-0.2, 0) is 4.79 Å². The number of halogens is 2. The van der Waals surface area contributed by atoms with Crippen molar-refractivity contribution in [2.75, 3.05) is 0 Å². The second-order valence-electron chi connectivity index (χ2n) is 5.38. The molecule has 1 unspecified atom stereocenters. The molecular weight excluding hydrogens is 313 g/mol. The Morgan fingerprint density at radius 2 is 1.81 bits per heavy atom. The lowest BCUT2D eigenvalue weighted by molar-refractivity contribution is -0.128. The Kier molecular flexibility index (Phi) is 5.73. The predicted molar refractivity (Wildman–Crippen MR) is 83.0 cm³/mol. The highest BCUT2D eigenvalue weighted by atomic mass is 35.5. The van der Waals surface area contributed by atoms with Gasteiger partial charge in [-0.3, -0.25) is 4.79 Å². The van der Waals surface area contributed by atoms with Gasteiger partial charge in [-0.05, 0) is 50.8 Å². The number of carbonyl (C=O) groups excluding carboxylic acids is 1. The molecule has 1 saturated carbocycles. The van der Waals surface area contributed by atoms with E-state index in [1.165, 1.54) is 0 Å². The molecule has 1 aromatic rings. The zero-order valence-corrected chi connectivity index (χ0v) is 13.3. The van der Waals surface area contributed by atoms with E-state index in [1.807, 2.05) is 0 Å². The molecule has 0 spiro atoms. The van der Waals surface area contributed by atoms with Crippen LogP contribution in [0.3, 0.4) is 0 Å². The average molecular weight is 332 g/mol. The minimum Gasteiger partial charge on any atom is -0.481 e. The van der Waals surface area contributed by atoms with Gasteiger partial charge in [0.1, 0.15) is 5.75 Å². The lowest BCUT2D eigenvalue weighted by Crippen LogP contribution is -2.44. The van der Waals surface area contributed by atoms with Crippen molar-refractivity contribution in [3.05, 3.63) is 28.2 Å². The van der Waals surface area contributed by atoms with Gasteiger partial charge in [0.2, 0.25) is 0 Å². The minimum atomic E-state index is -0.633. The summed E-state index contributed by atoms with van der Waals surface area (Å²) in [5.41, 5.74) is 0. The van der Waals surface area contributed by atoms with Crippen LogP contribution in [0.4, 0.5) is 0 Å². The first-order valence-electron chi connectivity index (χ1n) is 7.05. The Morgan fingerprint density at radius 1 is 1.24 bits per heavy atom. The lowest BCUT2D eigenvalue weighted by atomic mass is 9.93. The van der Waals surface area contributed by atoms with Crippen molar-refractivity contribution in [1.82, 2.24) is 5.32 Å². The molecule has 1 aromatic carbocycles. The molecule has 0 radical (unpaired) electrons. The number of benzene rings is 1. The van der Waals surface area contributed by atoms with E-state index in [4.69, 9.17) is 27.9 Å². The van der Waals surface area contributed by atoms with Crippen LogP contribution in [0, 0.1) is 0 Å². The number of hydrogen-bond donors (Lipinski definition) is 2. The van der Waals surface area contributed by atoms with Gasteiger partial charge >= 0.3 is 0 Å². The Hall–Kier alpha value is -0.970. The third-order valence-electron chi connectivity index (χ3n) is 3.56. The Labute approximate surface area is 134 Å². The molecule has 1 aliphatic carbocycles. The molecule has 1 atom stereocenters. The number of amides is 1. The molecule has 2 N–H and O–H groups in total. The molecule has 6 heteroatoms. The standard InChI is InChI=1S/C15H19Cl2NO3/c1-9(21-14-7-10(16)6-11(17)8-14)15(20)18-12-2-4-13(19)5-3-12/h6-9,12-13,19H,2-5H2,1H3,(H,18,20). The van der Waals surface area contributed by atoms with Crippen LogP contribution in [0.5, 0.6) is 5.75 Å². The fourth-order valence-corrected chi connectivity index (χ4v) is 2.90. The van der Waals surface area contributed by atoms with Crippen molar-refractivity contribution < 1.29 is 14.6 Å². The molecule has 2 rings (SSSR count). The van der Waals surface area contributed by atoms with E-state index in [0.29, 0.717) is 15.8 Å². The molecule has 21 heavy (non-hydrogen) atoms. The van der Waals surface area contributed by atoms with Crippen LogP contribution in [0.15, 0.2) is 18.2 Å². The van der Waals surface area contributed by atoms with Gasteiger partial charge in [0.15, 0.2) is 6.10 Å². The fraction of sp³-hybridized carbons (Fsp3) is 0.533. The Morgan fingerprint density at radius 3 is 2.38 bits per heavy atom. The zero-order chi connectivity index (χ0) is 15.4. The molecule has 0 saturated heterocycles. The summed E-state index contributed by atoms with van der Waals surface area (Å²) >= 11 is 11.8. The smallest absolute Gasteiger partial charge is 0.260 e. The summed E-state index contributed by atoms with van der Waals surface area (Å²) in [7, 11) is 0. The van der Waals surface area contributed by atoms with Gasteiger partial charge in [0.25, 0.3) is 5.91 Å². The molecule has 0 heterocycles. The van der Waals surface area contributed by atoms with Crippen LogP contribution >= 0.6 is 23.2 Å². The first-order chi connectivity index (χ1) is 9.94. The van der Waals surface area contributed by atoms with E-state index in [0.717, 1.165) is 25.7 Å². The van der Waals surface area contributed by atoms with Crippen LogP contribution in [0.1, 0.15) is 32.6 Å². The number of hydrogen-bond acceptors (Lipinski definition) is 3. The quantitative estimate of drug-likeness (QED) is 0.890. The molecular formula is C15H19Cl2NO3. The maximum absolute atomic E-state index is 12.1. The minimum absolute atomic E-state index is 0.106. The van der Waals surface area contributed by atoms with Gasteiger partial charge in [-0.1, -0.05) is 23.2 Å². The number of rotatable bonds is 4. The van der Waals surface area contributed by atoms with Crippen LogP contribution in [-0.4, -0.2) is 29.3 Å². The molecule has 0 aromatic heterocycles. The maximum atomic E-state index is 12.1. The van der Waals surface area contributed by atoms with E-state index < -0.39 is 6.10 Å². The van der Waals surface area contributed by atoms with E-state index >= 15 is 0 Å². The Balaban J connectivity index is 1.87. The summed E-state index contributed by atoms with van der Waals surface area (Å²) in [6, 6.07) is 4.95. The van der Waals surface area contributed by atoms with Gasteiger partial charge in [-0.15, -0.1) is 0 Å². The number of aliphatic hydroxyl groups is 1. The highest BCUT2D eigenvalue weighted by Crippen LogP contribution is 2.25. The van der Waals surface area contributed by atoms with Crippen molar-refractivity contribution in [1.29, 1.82) is 0 Å². The molecule has 0 aliphatic heterocycles. The predicted octanol–water partition coefficient (Wildman–Crippen LogP) is 3.18. The topological polar surface area (TPSA) is 58.6 Å². The highest BCUT2D eigenvalue weighted by molar-refractivity contribution is 6.34. The van der Waals surface area contributed by atoms with Gasteiger partial charge in [0.05, 0.1) is 6.10 Å². The van der Waals surface area contributed by atoms with Crippen LogP contribution in [0.25, 0.3) is 0 Å². The van der Waals surface area contributed by atoms with Crippen molar-refractivity contribution in [3.8, 4) is 5.75 Å². The largest absolute Gasteiger partial charge is 0.481 e. The summed E-state index contributed by atoms with van der Waals surface area (Å²) in [6.45, 7) is 1.68. The van der Waals surface area contributed by atoms with Gasteiger partial charge in [0, 0.05) is 16.1 Å². The molecule has 4 nitrogen and oxygen atoms in total. The number of aliphatic hydroxyl groups excluding tert-OH is 1. The number of carbonyl (C=O) groups is 1. The van der Waals surface area contributed by atoms with E-state index in [1.54, 1.807) is 25.1 Å². The molecule has 1 amide bonds. The number of nitrogens with one attached hydrogen (secondary N) is 1. The third kappa shape index (κ3) is 5.06. The monoisotopic (exact) mass is 331 g/mol. The summed E-state index contributed by atoms with van der Waals surface area (Å²) in [5, 5.41) is 13.3. The fourth-order valence-electron chi connectivity index (χ4n) is 2.39. The molecule has 116 valence electrons. The van der Waals surface area contributed by atoms with Crippen LogP contribution < -0.4 is 10.1 Å². The summed E-state index contributed by atoms with van der Waals surface area (Å²) < 4.78 is 5.57. The van der Waals surface area contributed by atoms with Gasteiger partial charge in [-0.2, -0.15) is 0 Å². The summed E-state index contributed by atoms with van der Waals surface area (Å²) in [6.07, 6.45) is 2.17. The highest BCUT2D eigenvalue weighted by Gasteiger charge is 2.23. The second-order valence-corrected chi connectivity index (χ2v) is 6.25. The molecule has 1 fully saturated rings. The first-order valence-corrected chi connectivity index (χ1v) is 7.81. The molecule has 0 bridgehead atoms. The first kappa shape index (κ1) is 16.4. The zero-order valence-electron chi connectivity index (χ0n) is 11.8. The lowest BCUT2D eigenvalue weighted by Gasteiger charge is -2.27. The second kappa shape index (κ2) is 7.34. The third-order valence-corrected chi connectivity index (χ3v) is 4.00. The average Bonchev–Trinajstić information content (AvgIpc) is 2.40. The summed E-state index contributed by atoms with van der Waals surface area (Å²) in [4.78, 5) is 12.1. The van der Waals surface area contributed by atoms with Crippen molar-refractivity contribution in [3.63, 3.8) is 0 Å².